The van der Waals surface area contributed by atoms with Crippen LogP contribution in [0.15, 0.2) is 24.3 Å². The van der Waals surface area contributed by atoms with Gasteiger partial charge in [-0.05, 0) is 12.1 Å². The summed E-state index contributed by atoms with van der Waals surface area (Å²) in [5.41, 5.74) is 5.80. The maximum Gasteiger partial charge on any atom is 0.337 e. The van der Waals surface area contributed by atoms with Crippen molar-refractivity contribution in [3.05, 3.63) is 29.8 Å². The molecule has 1 radical (unpaired) electrons. The van der Waals surface area contributed by atoms with Gasteiger partial charge in [-0.25, -0.2) is 4.79 Å². The smallest absolute Gasteiger partial charge is 0.337 e. The van der Waals surface area contributed by atoms with Crippen LogP contribution in [-0.4, -0.2) is 11.1 Å². The van der Waals surface area contributed by atoms with Crippen LogP contribution < -0.4 is 5.73 Å². The number of para-hydroxylation sites is 1. The average molecular weight is 296 g/mol. The first-order chi connectivity index (χ1) is 4.72. The van der Waals surface area contributed by atoms with Crippen molar-refractivity contribution < 1.29 is 48.5 Å². The van der Waals surface area contributed by atoms with Crippen LogP contribution in [-0.2, 0) is 0 Å². The molecule has 0 aromatic heterocycles. The zero-order chi connectivity index (χ0) is 7.56. The maximum atomic E-state index is 10.3. The third-order valence-electron chi connectivity index (χ3n) is 1.19. The van der Waals surface area contributed by atoms with Crippen molar-refractivity contribution in [2.45, 2.75) is 0 Å². The van der Waals surface area contributed by atoms with Crippen LogP contribution in [0.2, 0.25) is 0 Å². The van der Waals surface area contributed by atoms with Crippen molar-refractivity contribution in [1.82, 2.24) is 0 Å². The zero-order valence-electron chi connectivity index (χ0n) is 5.58. The SMILES string of the molecule is Nc1ccccc1C(=O)O.[Tb]. The van der Waals surface area contributed by atoms with Crippen LogP contribution >= 0.6 is 0 Å². The fourth-order valence-corrected chi connectivity index (χ4v) is 0.692. The normalized spacial score (nSPS) is 8.36. The summed E-state index contributed by atoms with van der Waals surface area (Å²) in [4.78, 5) is 10.3. The van der Waals surface area contributed by atoms with Crippen LogP contribution in [0.1, 0.15) is 10.4 Å². The summed E-state index contributed by atoms with van der Waals surface area (Å²) in [7, 11) is 0. The third-order valence-corrected chi connectivity index (χ3v) is 1.19. The molecular weight excluding hydrogens is 289 g/mol. The van der Waals surface area contributed by atoms with Gasteiger partial charge in [0.15, 0.2) is 0 Å². The Kier molecular flexibility index (Phi) is 4.52. The number of carboxylic acids is 1. The van der Waals surface area contributed by atoms with E-state index in [1.54, 1.807) is 18.2 Å². The minimum Gasteiger partial charge on any atom is -0.478 e. The molecule has 0 saturated carbocycles. The first-order valence-electron chi connectivity index (χ1n) is 2.79. The molecule has 0 atom stereocenters. The molecule has 0 unspecified atom stereocenters. The molecule has 4 heteroatoms. The predicted octanol–water partition coefficient (Wildman–Crippen LogP) is 0.967. The Morgan fingerprint density at radius 2 is 1.91 bits per heavy atom. The van der Waals surface area contributed by atoms with E-state index in [2.05, 4.69) is 0 Å². The number of anilines is 1. The van der Waals surface area contributed by atoms with Crippen LogP contribution in [0.3, 0.4) is 0 Å². The molecule has 0 amide bonds. The molecule has 0 aliphatic rings. The van der Waals surface area contributed by atoms with Crippen LogP contribution in [0, 0.1) is 38.6 Å². The second-order valence-electron chi connectivity index (χ2n) is 1.89. The van der Waals surface area contributed by atoms with Crippen LogP contribution in [0.25, 0.3) is 0 Å². The van der Waals surface area contributed by atoms with Gasteiger partial charge in [-0.15, -0.1) is 0 Å². The fourth-order valence-electron chi connectivity index (χ4n) is 0.692. The monoisotopic (exact) mass is 296 g/mol. The molecule has 3 N–H and O–H groups in total. The predicted molar refractivity (Wildman–Crippen MR) is 37.8 cm³/mol. The summed E-state index contributed by atoms with van der Waals surface area (Å²) in [6, 6.07) is 6.36. The molecule has 11 heavy (non-hydrogen) atoms. The van der Waals surface area contributed by atoms with Gasteiger partial charge in [0.05, 0.1) is 5.56 Å². The van der Waals surface area contributed by atoms with Crippen molar-refractivity contribution in [2.24, 2.45) is 0 Å². The van der Waals surface area contributed by atoms with Crippen molar-refractivity contribution >= 4 is 11.7 Å². The molecule has 1 rings (SSSR count). The Hall–Kier alpha value is -0.224. The Labute approximate surface area is 95.0 Å². The van der Waals surface area contributed by atoms with E-state index < -0.39 is 5.97 Å². The van der Waals surface area contributed by atoms with E-state index >= 15 is 0 Å². The molecule has 0 heterocycles. The zero-order valence-corrected chi connectivity index (χ0v) is 7.71. The number of carboxylic acid groups (broad SMARTS) is 1. The average Bonchev–Trinajstić information content (AvgIpc) is 1.88. The van der Waals surface area contributed by atoms with E-state index in [0.717, 1.165) is 0 Å². The van der Waals surface area contributed by atoms with E-state index in [9.17, 15) is 4.79 Å². The van der Waals surface area contributed by atoms with Gasteiger partial charge >= 0.3 is 5.97 Å². The van der Waals surface area contributed by atoms with Gasteiger partial charge in [0, 0.05) is 44.3 Å². The number of rotatable bonds is 1. The number of nitrogens with two attached hydrogens (primary N) is 1. The van der Waals surface area contributed by atoms with E-state index in [1.165, 1.54) is 6.07 Å². The number of carbonyl (C=O) groups is 1. The summed E-state index contributed by atoms with van der Waals surface area (Å²) in [5, 5.41) is 8.49. The molecule has 1 aromatic rings. The largest absolute Gasteiger partial charge is 0.478 e. The Morgan fingerprint density at radius 3 is 2.27 bits per heavy atom. The van der Waals surface area contributed by atoms with Crippen LogP contribution in [0.5, 0.6) is 0 Å². The first kappa shape index (κ1) is 10.8. The van der Waals surface area contributed by atoms with Gasteiger partial charge < -0.3 is 10.8 Å². The van der Waals surface area contributed by atoms with Gasteiger partial charge in [0.25, 0.3) is 0 Å². The Morgan fingerprint density at radius 1 is 1.36 bits per heavy atom. The van der Waals surface area contributed by atoms with Gasteiger partial charge in [0.1, 0.15) is 0 Å². The second-order valence-corrected chi connectivity index (χ2v) is 1.89. The molecule has 0 aliphatic carbocycles. The minimum absolute atomic E-state index is 0. The van der Waals surface area contributed by atoms with Gasteiger partial charge in [-0.1, -0.05) is 12.1 Å². The van der Waals surface area contributed by atoms with Gasteiger partial charge in [-0.3, -0.25) is 0 Å². The second kappa shape index (κ2) is 4.61. The van der Waals surface area contributed by atoms with Crippen molar-refractivity contribution in [3.63, 3.8) is 0 Å². The molecule has 1 aromatic carbocycles. The van der Waals surface area contributed by atoms with Gasteiger partial charge in [-0.2, -0.15) is 0 Å². The van der Waals surface area contributed by atoms with Crippen molar-refractivity contribution in [1.29, 1.82) is 0 Å². The quantitative estimate of drug-likeness (QED) is 0.759. The summed E-state index contributed by atoms with van der Waals surface area (Å²) in [5.74, 6) is -0.988. The number of hydrogen-bond donors (Lipinski definition) is 2. The molecular formula is C7H7NO2Tb. The van der Waals surface area contributed by atoms with Gasteiger partial charge in [0.2, 0.25) is 0 Å². The first-order valence-corrected chi connectivity index (χ1v) is 2.79. The molecule has 0 aliphatic heterocycles. The van der Waals surface area contributed by atoms with Crippen molar-refractivity contribution in [2.75, 3.05) is 5.73 Å². The number of aromatic carboxylic acids is 1. The number of hydrogen-bond acceptors (Lipinski definition) is 2. The molecule has 0 saturated heterocycles. The van der Waals surface area contributed by atoms with E-state index in [1.807, 2.05) is 0 Å². The topological polar surface area (TPSA) is 63.3 Å². The standard InChI is InChI=1S/C7H7NO2.Tb/c8-6-4-2-1-3-5(6)7(9)10;/h1-4H,8H2,(H,9,10);. The fraction of sp³-hybridized carbons (Fsp3) is 0. The summed E-state index contributed by atoms with van der Waals surface area (Å²) in [6.45, 7) is 0. The minimum atomic E-state index is -0.988. The van der Waals surface area contributed by atoms with E-state index in [0.29, 0.717) is 5.69 Å². The number of benzene rings is 1. The van der Waals surface area contributed by atoms with Crippen molar-refractivity contribution in [3.8, 4) is 0 Å². The van der Waals surface area contributed by atoms with E-state index in [-0.39, 0.29) is 44.2 Å². The van der Waals surface area contributed by atoms with E-state index in [4.69, 9.17) is 10.8 Å². The Balaban J connectivity index is 0.000001000. The third kappa shape index (κ3) is 2.71. The number of nitrogen functional groups attached to an aromatic ring is 1. The summed E-state index contributed by atoms with van der Waals surface area (Å²) in [6.07, 6.45) is 0. The molecule has 0 bridgehead atoms. The molecule has 3 nitrogen and oxygen atoms in total. The summed E-state index contributed by atoms with van der Waals surface area (Å²) >= 11 is 0. The van der Waals surface area contributed by atoms with Crippen LogP contribution in [0.4, 0.5) is 5.69 Å². The molecule has 0 spiro atoms. The molecule has 61 valence electrons. The Bertz CT molecular complexity index is 262. The molecule has 0 fully saturated rings. The summed E-state index contributed by atoms with van der Waals surface area (Å²) < 4.78 is 0. The maximum absolute atomic E-state index is 10.3.